The average molecular weight is 425 g/mol. The summed E-state index contributed by atoms with van der Waals surface area (Å²) in [6.45, 7) is 10.5. The van der Waals surface area contributed by atoms with E-state index in [0.29, 0.717) is 11.7 Å². The van der Waals surface area contributed by atoms with E-state index in [1.165, 1.54) is 28.6 Å². The first-order chi connectivity index (χ1) is 14.5. The van der Waals surface area contributed by atoms with Crippen molar-refractivity contribution in [3.63, 3.8) is 0 Å². The number of anilines is 1. The van der Waals surface area contributed by atoms with Gasteiger partial charge in [-0.15, -0.1) is 5.10 Å². The van der Waals surface area contributed by atoms with E-state index in [1.807, 2.05) is 19.1 Å². The van der Waals surface area contributed by atoms with Crippen LogP contribution < -0.4 is 10.2 Å². The number of hydrogen-bond donors (Lipinski definition) is 1. The highest BCUT2D eigenvalue weighted by atomic mass is 32.2. The number of carbonyl (C=O) groups excluding carboxylic acids is 1. The van der Waals surface area contributed by atoms with Crippen LogP contribution in [0.15, 0.2) is 47.6 Å². The summed E-state index contributed by atoms with van der Waals surface area (Å²) in [5, 5.41) is 15.5. The molecule has 0 aliphatic heterocycles. The van der Waals surface area contributed by atoms with Gasteiger partial charge < -0.3 is 10.2 Å². The van der Waals surface area contributed by atoms with Crippen molar-refractivity contribution in [2.24, 2.45) is 0 Å². The van der Waals surface area contributed by atoms with E-state index in [0.717, 1.165) is 24.3 Å². The van der Waals surface area contributed by atoms with Crippen molar-refractivity contribution in [1.29, 1.82) is 0 Å². The molecule has 1 heterocycles. The van der Waals surface area contributed by atoms with Crippen LogP contribution in [0.1, 0.15) is 23.6 Å². The maximum atomic E-state index is 12.3. The number of nitrogens with one attached hydrogen (secondary N) is 1. The normalized spacial score (nSPS) is 10.8. The molecule has 0 aliphatic carbocycles. The molecule has 0 unspecified atom stereocenters. The summed E-state index contributed by atoms with van der Waals surface area (Å²) in [6.07, 6.45) is 0. The Morgan fingerprint density at radius 3 is 2.67 bits per heavy atom. The van der Waals surface area contributed by atoms with E-state index < -0.39 is 0 Å². The highest BCUT2D eigenvalue weighted by Gasteiger charge is 2.13. The van der Waals surface area contributed by atoms with Crippen LogP contribution in [0.25, 0.3) is 5.69 Å². The molecule has 8 heteroatoms. The van der Waals surface area contributed by atoms with Gasteiger partial charge in [-0.05, 0) is 67.4 Å². The van der Waals surface area contributed by atoms with Crippen molar-refractivity contribution >= 4 is 23.4 Å². The number of hydrogen-bond acceptors (Lipinski definition) is 6. The molecule has 0 saturated heterocycles. The predicted octanol–water partition coefficient (Wildman–Crippen LogP) is 3.32. The highest BCUT2D eigenvalue weighted by molar-refractivity contribution is 7.99. The fourth-order valence-electron chi connectivity index (χ4n) is 3.27. The number of likely N-dealkylation sites (N-methyl/N-ethyl adjacent to an activating group) is 1. The molecule has 0 aliphatic rings. The number of benzene rings is 2. The number of tetrazole rings is 1. The van der Waals surface area contributed by atoms with E-state index in [1.54, 1.807) is 4.68 Å². The first-order valence-electron chi connectivity index (χ1n) is 10.0. The van der Waals surface area contributed by atoms with Gasteiger partial charge in [0.25, 0.3) is 0 Å². The Hall–Kier alpha value is -2.87. The molecular formula is C22H28N6OS. The molecule has 0 bridgehead atoms. The lowest BCUT2D eigenvalue weighted by Gasteiger charge is -2.23. The summed E-state index contributed by atoms with van der Waals surface area (Å²) < 4.78 is 1.68. The second kappa shape index (κ2) is 10.2. The third-order valence-corrected chi connectivity index (χ3v) is 5.73. The van der Waals surface area contributed by atoms with Crippen LogP contribution in [0.5, 0.6) is 0 Å². The molecule has 1 N–H and O–H groups in total. The monoisotopic (exact) mass is 424 g/mol. The Labute approximate surface area is 181 Å². The first kappa shape index (κ1) is 21.8. The summed E-state index contributed by atoms with van der Waals surface area (Å²) >= 11 is 1.33. The Morgan fingerprint density at radius 1 is 1.13 bits per heavy atom. The second-order valence-corrected chi connectivity index (χ2v) is 8.16. The minimum atomic E-state index is -0.0320. The summed E-state index contributed by atoms with van der Waals surface area (Å²) in [7, 11) is 0. The molecule has 3 rings (SSSR count). The van der Waals surface area contributed by atoms with Crippen molar-refractivity contribution < 1.29 is 4.79 Å². The van der Waals surface area contributed by atoms with Gasteiger partial charge in [0.2, 0.25) is 11.1 Å². The Morgan fingerprint density at radius 2 is 1.93 bits per heavy atom. The fraction of sp³-hybridized carbons (Fsp3) is 0.364. The van der Waals surface area contributed by atoms with Crippen LogP contribution in [-0.4, -0.2) is 51.5 Å². The SMILES string of the molecule is CCN(CCNC(=O)CSc1nnnn1-c1ccc(C)cc1C)c1cccc(C)c1. The van der Waals surface area contributed by atoms with Crippen LogP contribution in [0.2, 0.25) is 0 Å². The molecule has 0 saturated carbocycles. The standard InChI is InChI=1S/C22H28N6OS/c1-5-27(19-8-6-7-16(2)14-19)12-11-23-21(29)15-30-22-24-25-26-28(22)20-10-9-17(3)13-18(20)4/h6-10,13-14H,5,11-12,15H2,1-4H3,(H,23,29). The number of amides is 1. The van der Waals surface area contributed by atoms with Gasteiger partial charge in [0.1, 0.15) is 0 Å². The highest BCUT2D eigenvalue weighted by Crippen LogP contribution is 2.21. The maximum Gasteiger partial charge on any atom is 0.230 e. The molecule has 0 spiro atoms. The third kappa shape index (κ3) is 5.60. The van der Waals surface area contributed by atoms with Crippen LogP contribution in [0, 0.1) is 20.8 Å². The number of thioether (sulfide) groups is 1. The van der Waals surface area contributed by atoms with Gasteiger partial charge in [-0.25, -0.2) is 0 Å². The molecule has 2 aromatic carbocycles. The second-order valence-electron chi connectivity index (χ2n) is 7.22. The minimum Gasteiger partial charge on any atom is -0.370 e. The average Bonchev–Trinajstić information content (AvgIpc) is 3.18. The van der Waals surface area contributed by atoms with Crippen LogP contribution in [0.4, 0.5) is 5.69 Å². The van der Waals surface area contributed by atoms with Crippen molar-refractivity contribution in [1.82, 2.24) is 25.5 Å². The Kier molecular flexibility index (Phi) is 7.46. The zero-order valence-corrected chi connectivity index (χ0v) is 18.7. The number of aryl methyl sites for hydroxylation is 3. The van der Waals surface area contributed by atoms with Gasteiger partial charge >= 0.3 is 0 Å². The minimum absolute atomic E-state index is 0.0320. The van der Waals surface area contributed by atoms with Crippen LogP contribution in [-0.2, 0) is 4.79 Å². The molecule has 0 radical (unpaired) electrons. The fourth-order valence-corrected chi connectivity index (χ4v) is 3.98. The van der Waals surface area contributed by atoms with E-state index in [-0.39, 0.29) is 11.7 Å². The van der Waals surface area contributed by atoms with Gasteiger partial charge in [0, 0.05) is 25.3 Å². The number of nitrogens with zero attached hydrogens (tertiary/aromatic N) is 5. The molecule has 1 amide bonds. The number of carbonyl (C=O) groups is 1. The molecule has 1 aromatic heterocycles. The molecule has 3 aromatic rings. The lowest BCUT2D eigenvalue weighted by Crippen LogP contribution is -2.35. The summed E-state index contributed by atoms with van der Waals surface area (Å²) in [4.78, 5) is 14.6. The van der Waals surface area contributed by atoms with Gasteiger partial charge in [-0.1, -0.05) is 41.6 Å². The van der Waals surface area contributed by atoms with Gasteiger partial charge in [0.15, 0.2) is 0 Å². The lowest BCUT2D eigenvalue weighted by atomic mass is 10.1. The lowest BCUT2D eigenvalue weighted by molar-refractivity contribution is -0.118. The molecule has 30 heavy (non-hydrogen) atoms. The molecule has 0 fully saturated rings. The zero-order chi connectivity index (χ0) is 21.5. The number of aromatic nitrogens is 4. The van der Waals surface area contributed by atoms with Crippen molar-refractivity contribution in [2.45, 2.75) is 32.9 Å². The van der Waals surface area contributed by atoms with E-state index >= 15 is 0 Å². The Bertz CT molecular complexity index is 1000. The molecule has 7 nitrogen and oxygen atoms in total. The first-order valence-corrected chi connectivity index (χ1v) is 11.0. The van der Waals surface area contributed by atoms with Gasteiger partial charge in [-0.3, -0.25) is 4.79 Å². The van der Waals surface area contributed by atoms with Crippen LogP contribution in [0.3, 0.4) is 0 Å². The summed E-state index contributed by atoms with van der Waals surface area (Å²) in [5.41, 5.74) is 5.60. The predicted molar refractivity (Wildman–Crippen MR) is 121 cm³/mol. The van der Waals surface area contributed by atoms with Crippen molar-refractivity contribution in [2.75, 3.05) is 30.3 Å². The van der Waals surface area contributed by atoms with Gasteiger partial charge in [0.05, 0.1) is 11.4 Å². The van der Waals surface area contributed by atoms with E-state index in [2.05, 4.69) is 76.8 Å². The van der Waals surface area contributed by atoms with Crippen molar-refractivity contribution in [3.05, 3.63) is 59.2 Å². The zero-order valence-electron chi connectivity index (χ0n) is 17.9. The largest absolute Gasteiger partial charge is 0.370 e. The molecule has 158 valence electrons. The maximum absolute atomic E-state index is 12.3. The quantitative estimate of drug-likeness (QED) is 0.531. The Balaban J connectivity index is 1.51. The van der Waals surface area contributed by atoms with E-state index in [9.17, 15) is 4.79 Å². The van der Waals surface area contributed by atoms with Crippen molar-refractivity contribution in [3.8, 4) is 5.69 Å². The molecule has 0 atom stereocenters. The van der Waals surface area contributed by atoms with Gasteiger partial charge in [-0.2, -0.15) is 4.68 Å². The smallest absolute Gasteiger partial charge is 0.230 e. The summed E-state index contributed by atoms with van der Waals surface area (Å²) in [5.74, 6) is 0.234. The summed E-state index contributed by atoms with van der Waals surface area (Å²) in [6, 6.07) is 14.5. The van der Waals surface area contributed by atoms with Crippen LogP contribution >= 0.6 is 11.8 Å². The topological polar surface area (TPSA) is 75.9 Å². The van der Waals surface area contributed by atoms with E-state index in [4.69, 9.17) is 0 Å². The number of rotatable bonds is 9. The third-order valence-electron chi connectivity index (χ3n) is 4.81. The molecular weight excluding hydrogens is 396 g/mol.